The van der Waals surface area contributed by atoms with E-state index in [9.17, 15) is 43.9 Å². The highest BCUT2D eigenvalue weighted by Gasteiger charge is 2.42. The van der Waals surface area contributed by atoms with Crippen molar-refractivity contribution in [3.63, 3.8) is 0 Å². The highest BCUT2D eigenvalue weighted by Crippen LogP contribution is 2.39. The lowest BCUT2D eigenvalue weighted by atomic mass is 10.0. The van der Waals surface area contributed by atoms with Gasteiger partial charge in [0.2, 0.25) is 0 Å². The SMILES string of the molecule is CC1COC(c2cc(F)c(C(F)(F)Oc3cc(F)c(-c4ccc(OC(F)(F)F)c(F)c4)c(F)c3)c(F)c2)OC1. The molecule has 0 aromatic heterocycles. The van der Waals surface area contributed by atoms with Crippen molar-refractivity contribution in [3.05, 3.63) is 82.7 Å². The van der Waals surface area contributed by atoms with Crippen LogP contribution in [0.1, 0.15) is 24.3 Å². The molecule has 0 aliphatic carbocycles. The first-order chi connectivity index (χ1) is 18.1. The van der Waals surface area contributed by atoms with E-state index in [1.54, 1.807) is 6.92 Å². The van der Waals surface area contributed by atoms with Gasteiger partial charge in [0.15, 0.2) is 17.9 Å². The predicted octanol–water partition coefficient (Wildman–Crippen LogP) is 7.76. The first kappa shape index (κ1) is 28.5. The van der Waals surface area contributed by atoms with Crippen LogP contribution in [0.4, 0.5) is 43.9 Å². The van der Waals surface area contributed by atoms with Crippen molar-refractivity contribution in [1.29, 1.82) is 0 Å². The quantitative estimate of drug-likeness (QED) is 0.284. The van der Waals surface area contributed by atoms with Crippen LogP contribution in [-0.4, -0.2) is 19.6 Å². The molecule has 4 rings (SSSR count). The number of halogens is 10. The number of hydrogen-bond donors (Lipinski definition) is 0. The predicted molar refractivity (Wildman–Crippen MR) is 113 cm³/mol. The summed E-state index contributed by atoms with van der Waals surface area (Å²) in [6.07, 6.45) is -11.2. The van der Waals surface area contributed by atoms with E-state index in [0.29, 0.717) is 30.3 Å². The molecule has 1 aliphatic rings. The van der Waals surface area contributed by atoms with Crippen LogP contribution in [0.25, 0.3) is 11.1 Å². The second kappa shape index (κ2) is 10.6. The van der Waals surface area contributed by atoms with Crippen LogP contribution >= 0.6 is 0 Å². The Bertz CT molecular complexity index is 1320. The van der Waals surface area contributed by atoms with Crippen LogP contribution in [0.2, 0.25) is 0 Å². The van der Waals surface area contributed by atoms with Crippen molar-refractivity contribution in [3.8, 4) is 22.6 Å². The maximum atomic E-state index is 14.7. The van der Waals surface area contributed by atoms with Gasteiger partial charge in [-0.25, -0.2) is 22.0 Å². The molecule has 14 heteroatoms. The summed E-state index contributed by atoms with van der Waals surface area (Å²) < 4.78 is 157. The van der Waals surface area contributed by atoms with Crippen molar-refractivity contribution in [2.45, 2.75) is 25.7 Å². The molecule has 3 aromatic carbocycles. The molecule has 1 aliphatic heterocycles. The fraction of sp³-hybridized carbons (Fsp3) is 0.280. The molecular formula is C25H16F10O4. The summed E-state index contributed by atoms with van der Waals surface area (Å²) in [5, 5.41) is 0. The first-order valence-electron chi connectivity index (χ1n) is 11.0. The Morgan fingerprint density at radius 3 is 1.79 bits per heavy atom. The summed E-state index contributed by atoms with van der Waals surface area (Å²) in [4.78, 5) is 0. The van der Waals surface area contributed by atoms with E-state index in [4.69, 9.17) is 9.47 Å². The highest BCUT2D eigenvalue weighted by atomic mass is 19.4. The van der Waals surface area contributed by atoms with Crippen molar-refractivity contribution >= 4 is 0 Å². The maximum absolute atomic E-state index is 14.7. The zero-order valence-electron chi connectivity index (χ0n) is 19.5. The number of ether oxygens (including phenoxy) is 4. The summed E-state index contributed by atoms with van der Waals surface area (Å²) in [5.41, 5.74) is -3.70. The van der Waals surface area contributed by atoms with Gasteiger partial charge in [0.05, 0.1) is 18.8 Å². The van der Waals surface area contributed by atoms with Crippen LogP contribution in [0.3, 0.4) is 0 Å². The monoisotopic (exact) mass is 570 g/mol. The van der Waals surface area contributed by atoms with Gasteiger partial charge in [-0.15, -0.1) is 13.2 Å². The minimum Gasteiger partial charge on any atom is -0.429 e. The van der Waals surface area contributed by atoms with Crippen molar-refractivity contribution < 1.29 is 62.9 Å². The fourth-order valence-electron chi connectivity index (χ4n) is 3.75. The molecule has 0 saturated carbocycles. The standard InChI is InChI=1S/C25H16F10O4/c1-11-9-36-23(37-10-11)13-5-18(29)22(19(30)6-13)24(31,32)38-14-7-16(27)21(17(28)8-14)12-2-3-20(15(26)4-12)39-25(33,34)35/h2-8,11,23H,9-10H2,1H3. The van der Waals surface area contributed by atoms with E-state index in [1.807, 2.05) is 0 Å². The van der Waals surface area contributed by atoms with Gasteiger partial charge in [-0.3, -0.25) is 0 Å². The van der Waals surface area contributed by atoms with E-state index in [1.165, 1.54) is 0 Å². The lowest BCUT2D eigenvalue weighted by Gasteiger charge is -2.28. The molecule has 210 valence electrons. The van der Waals surface area contributed by atoms with Crippen molar-refractivity contribution in [1.82, 2.24) is 0 Å². The summed E-state index contributed by atoms with van der Waals surface area (Å²) in [7, 11) is 0. The lowest BCUT2D eigenvalue weighted by Crippen LogP contribution is -2.27. The zero-order chi connectivity index (χ0) is 28.7. The minimum absolute atomic E-state index is 0.00178. The smallest absolute Gasteiger partial charge is 0.429 e. The highest BCUT2D eigenvalue weighted by molar-refractivity contribution is 5.67. The molecule has 0 atom stereocenters. The molecule has 1 heterocycles. The Balaban J connectivity index is 1.59. The van der Waals surface area contributed by atoms with Crippen molar-refractivity contribution in [2.24, 2.45) is 5.92 Å². The molecule has 1 saturated heterocycles. The molecular weight excluding hydrogens is 554 g/mol. The second-order valence-corrected chi connectivity index (χ2v) is 8.54. The van der Waals surface area contributed by atoms with Gasteiger partial charge in [0.25, 0.3) is 0 Å². The number of hydrogen-bond acceptors (Lipinski definition) is 4. The van der Waals surface area contributed by atoms with Crippen LogP contribution in [0, 0.1) is 35.0 Å². The first-order valence-corrected chi connectivity index (χ1v) is 11.0. The van der Waals surface area contributed by atoms with Gasteiger partial charge in [-0.2, -0.15) is 8.78 Å². The summed E-state index contributed by atoms with van der Waals surface area (Å²) in [6, 6.07) is 2.99. The molecule has 0 amide bonds. The summed E-state index contributed by atoms with van der Waals surface area (Å²) >= 11 is 0. The Labute approximate surface area is 213 Å². The number of benzene rings is 3. The van der Waals surface area contributed by atoms with E-state index in [-0.39, 0.29) is 36.8 Å². The van der Waals surface area contributed by atoms with E-state index in [0.717, 1.165) is 0 Å². The average molecular weight is 570 g/mol. The van der Waals surface area contributed by atoms with Gasteiger partial charge in [-0.1, -0.05) is 13.0 Å². The molecule has 3 aromatic rings. The van der Waals surface area contributed by atoms with Gasteiger partial charge >= 0.3 is 12.5 Å². The Morgan fingerprint density at radius 2 is 1.28 bits per heavy atom. The normalized spacial score (nSPS) is 18.2. The Hall–Kier alpha value is -3.52. The van der Waals surface area contributed by atoms with Gasteiger partial charge in [0, 0.05) is 23.6 Å². The third kappa shape index (κ3) is 6.38. The molecule has 0 bridgehead atoms. The Morgan fingerprint density at radius 1 is 0.718 bits per heavy atom. The van der Waals surface area contributed by atoms with E-state index >= 15 is 0 Å². The van der Waals surface area contributed by atoms with E-state index < -0.39 is 76.0 Å². The summed E-state index contributed by atoms with van der Waals surface area (Å²) in [5.74, 6) is -10.8. The molecule has 39 heavy (non-hydrogen) atoms. The molecule has 0 unspecified atom stereocenters. The number of rotatable bonds is 6. The second-order valence-electron chi connectivity index (χ2n) is 8.54. The molecule has 1 fully saturated rings. The average Bonchev–Trinajstić information content (AvgIpc) is 2.79. The van der Waals surface area contributed by atoms with Gasteiger partial charge in [0.1, 0.15) is 34.6 Å². The van der Waals surface area contributed by atoms with E-state index in [2.05, 4.69) is 9.47 Å². The maximum Gasteiger partial charge on any atom is 0.573 e. The molecule has 0 spiro atoms. The van der Waals surface area contributed by atoms with Gasteiger partial charge < -0.3 is 18.9 Å². The van der Waals surface area contributed by atoms with Crippen LogP contribution in [-0.2, 0) is 15.6 Å². The molecule has 4 nitrogen and oxygen atoms in total. The van der Waals surface area contributed by atoms with Crippen LogP contribution in [0.5, 0.6) is 11.5 Å². The number of alkyl halides is 5. The van der Waals surface area contributed by atoms with Gasteiger partial charge in [-0.05, 0) is 29.8 Å². The Kier molecular flexibility index (Phi) is 7.72. The van der Waals surface area contributed by atoms with Crippen molar-refractivity contribution in [2.75, 3.05) is 13.2 Å². The lowest BCUT2D eigenvalue weighted by molar-refractivity contribution is -0.275. The largest absolute Gasteiger partial charge is 0.573 e. The zero-order valence-corrected chi connectivity index (χ0v) is 19.5. The minimum atomic E-state index is -5.24. The molecule has 0 radical (unpaired) electrons. The third-order valence-electron chi connectivity index (χ3n) is 5.40. The summed E-state index contributed by atoms with van der Waals surface area (Å²) in [6.45, 7) is 2.18. The third-order valence-corrected chi connectivity index (χ3v) is 5.40. The van der Waals surface area contributed by atoms with Crippen LogP contribution < -0.4 is 9.47 Å². The van der Waals surface area contributed by atoms with Crippen LogP contribution in [0.15, 0.2) is 42.5 Å². The molecule has 0 N–H and O–H groups in total. The topological polar surface area (TPSA) is 36.9 Å². The fourth-order valence-corrected chi connectivity index (χ4v) is 3.75.